The van der Waals surface area contributed by atoms with E-state index >= 15 is 0 Å². The zero-order chi connectivity index (χ0) is 44.0. The van der Waals surface area contributed by atoms with Crippen LogP contribution in [0.1, 0.15) is 49.3 Å². The number of fused-ring (bicyclic) bond motifs is 1. The number of hydrogen-bond acceptors (Lipinski definition) is 14. The normalized spacial score (nSPS) is 18.1. The average Bonchev–Trinajstić information content (AvgIpc) is 3.85. The van der Waals surface area contributed by atoms with E-state index in [1.807, 2.05) is 78.9 Å². The second kappa shape index (κ2) is 18.2. The second-order valence-corrected chi connectivity index (χ2v) is 15.4. The third-order valence-corrected chi connectivity index (χ3v) is 10.4. The molecule has 17 heteroatoms. The Morgan fingerprint density at radius 3 is 2.02 bits per heavy atom. The van der Waals surface area contributed by atoms with Gasteiger partial charge in [0.1, 0.15) is 40.6 Å². The summed E-state index contributed by atoms with van der Waals surface area (Å²) >= 11 is 0. The number of imidazole rings is 1. The molecule has 1 fully saturated rings. The fraction of sp³-hybridized carbons (Fsp3) is 0.311. The number of carbonyl (C=O) groups is 2. The Bertz CT molecular complexity index is 2460. The quantitative estimate of drug-likeness (QED) is 0.0613. The van der Waals surface area contributed by atoms with Gasteiger partial charge in [0.05, 0.1) is 38.3 Å². The van der Waals surface area contributed by atoms with Crippen molar-refractivity contribution in [3.05, 3.63) is 149 Å². The Labute approximate surface area is 357 Å². The van der Waals surface area contributed by atoms with Gasteiger partial charge in [-0.15, -0.1) is 0 Å². The highest BCUT2D eigenvalue weighted by molar-refractivity contribution is 5.83. The lowest BCUT2D eigenvalue weighted by atomic mass is 9.80. The number of anilines is 1. The lowest BCUT2D eigenvalue weighted by Gasteiger charge is -2.38. The number of rotatable bonds is 14. The number of diazo groups is 1. The molecular weight excluding hydrogens is 797 g/mol. The highest BCUT2D eigenvalue weighted by Crippen LogP contribution is 2.43. The Kier molecular flexibility index (Phi) is 12.6. The first kappa shape index (κ1) is 43.0. The molecule has 0 saturated carbocycles. The molecule has 1 aliphatic heterocycles. The first-order chi connectivity index (χ1) is 29.9. The zero-order valence-corrected chi connectivity index (χ0v) is 34.7. The monoisotopic (exact) mass is 842 g/mol. The lowest BCUT2D eigenvalue weighted by Crippen LogP contribution is -2.51. The molecule has 6 aromatic rings. The molecule has 320 valence electrons. The van der Waals surface area contributed by atoms with E-state index in [-0.39, 0.29) is 30.0 Å². The van der Waals surface area contributed by atoms with Gasteiger partial charge >= 0.3 is 17.1 Å². The van der Waals surface area contributed by atoms with E-state index in [1.54, 1.807) is 65.3 Å². The minimum absolute atomic E-state index is 0.0750. The molecule has 2 aromatic heterocycles. The van der Waals surface area contributed by atoms with Crippen molar-refractivity contribution in [1.82, 2.24) is 24.5 Å². The van der Waals surface area contributed by atoms with Crippen LogP contribution in [0.5, 0.6) is 11.5 Å². The van der Waals surface area contributed by atoms with Crippen LogP contribution in [0.15, 0.2) is 122 Å². The molecule has 7 rings (SSSR count). The summed E-state index contributed by atoms with van der Waals surface area (Å²) in [4.78, 5) is 40.6. The minimum Gasteiger partial charge on any atom is -0.847 e. The molecule has 62 heavy (non-hydrogen) atoms. The highest BCUT2D eigenvalue weighted by Gasteiger charge is 2.49. The third kappa shape index (κ3) is 8.84. The van der Waals surface area contributed by atoms with E-state index in [9.17, 15) is 20.1 Å². The first-order valence-corrected chi connectivity index (χ1v) is 19.7. The molecule has 0 aliphatic carbocycles. The topological polar surface area (TPSA) is 214 Å². The van der Waals surface area contributed by atoms with Gasteiger partial charge in [0.2, 0.25) is 6.04 Å². The number of benzene rings is 4. The van der Waals surface area contributed by atoms with Crippen LogP contribution in [0.25, 0.3) is 16.2 Å². The van der Waals surface area contributed by atoms with Gasteiger partial charge in [-0.2, -0.15) is 0 Å². The van der Waals surface area contributed by atoms with Gasteiger partial charge in [0.15, 0.2) is 17.7 Å². The van der Waals surface area contributed by atoms with E-state index < -0.39 is 53.8 Å². The minimum atomic E-state index is -1.81. The standard InChI is InChI=1S/C45H46N8O9/c1-44(2,3)62-43(56)53(51-47)34(24-28-12-8-6-9-13-28)42(55)61-38-37(54)35(60-41(38)52-27-50-36-39(46)48-26-49-40(36)52)25-59-45(29-14-10-7-11-15-29,30-16-20-32(57-4)21-17-30)31-18-22-33(58-5)23-19-31/h6-23,26-27,34-35,37-38,41H,24-25H2,1-5H3,(H2,46,48,49)/t34?,35-,37-,38-,41-/m1/s1. The maximum atomic E-state index is 14.9. The molecule has 3 heterocycles. The largest absolute Gasteiger partial charge is 0.847 e. The Morgan fingerprint density at radius 1 is 0.871 bits per heavy atom. The van der Waals surface area contributed by atoms with Gasteiger partial charge in [-0.25, -0.2) is 24.5 Å². The van der Waals surface area contributed by atoms with Gasteiger partial charge in [0, 0.05) is 6.42 Å². The number of carbonyl (C=O) groups excluding carboxylic acids is 2. The van der Waals surface area contributed by atoms with Crippen molar-refractivity contribution >= 4 is 29.0 Å². The summed E-state index contributed by atoms with van der Waals surface area (Å²) in [5.74, 6) is 0.246. The van der Waals surface area contributed by atoms with E-state index in [0.717, 1.165) is 5.56 Å². The second-order valence-electron chi connectivity index (χ2n) is 15.4. The molecule has 1 saturated heterocycles. The fourth-order valence-corrected chi connectivity index (χ4v) is 7.38. The molecule has 2 N–H and O–H groups in total. The number of nitrogens with zero attached hydrogens (tertiary/aromatic N) is 7. The highest BCUT2D eigenvalue weighted by atomic mass is 16.6. The summed E-state index contributed by atoms with van der Waals surface area (Å²) in [5.41, 5.74) is 6.97. The Morgan fingerprint density at radius 2 is 1.45 bits per heavy atom. The number of amides is 1. The van der Waals surface area contributed by atoms with Crippen LogP contribution in [0.3, 0.4) is 0 Å². The summed E-state index contributed by atoms with van der Waals surface area (Å²) in [7, 11) is 3.15. The van der Waals surface area contributed by atoms with E-state index in [2.05, 4.69) is 20.0 Å². The summed E-state index contributed by atoms with van der Waals surface area (Å²) in [6, 6.07) is 31.4. The summed E-state index contributed by atoms with van der Waals surface area (Å²) in [6.07, 6.45) is -4.70. The van der Waals surface area contributed by atoms with Crippen LogP contribution in [-0.2, 0) is 35.8 Å². The molecule has 1 unspecified atom stereocenters. The number of methoxy groups -OCH3 is 2. The number of nitrogens with two attached hydrogens (primary N) is 1. The Balaban J connectivity index is 1.29. The predicted octanol–water partition coefficient (Wildman–Crippen LogP) is 5.59. The van der Waals surface area contributed by atoms with E-state index in [0.29, 0.717) is 33.2 Å². The van der Waals surface area contributed by atoms with Crippen molar-refractivity contribution in [3.8, 4) is 11.5 Å². The van der Waals surface area contributed by atoms with Crippen LogP contribution >= 0.6 is 0 Å². The van der Waals surface area contributed by atoms with Gasteiger partial charge in [-0.05, 0) is 67.3 Å². The van der Waals surface area contributed by atoms with Crippen molar-refractivity contribution in [2.75, 3.05) is 26.6 Å². The maximum Gasteiger partial charge on any atom is 0.482 e. The molecule has 4 aromatic carbocycles. The predicted molar refractivity (Wildman–Crippen MR) is 223 cm³/mol. The van der Waals surface area contributed by atoms with Gasteiger partial charge < -0.3 is 39.3 Å². The summed E-state index contributed by atoms with van der Waals surface area (Å²) < 4.78 is 37.6. The summed E-state index contributed by atoms with van der Waals surface area (Å²) in [5, 5.41) is 28.7. The number of esters is 1. The number of nitrogen functional groups attached to an aromatic ring is 1. The molecule has 0 spiro atoms. The Hall–Kier alpha value is -7.13. The molecule has 0 radical (unpaired) electrons. The SMILES string of the molecule is COc1ccc(C(OC[C@H]2O[C@@H](n3cnc4c(N)ncnc43)[C@H](OC(=O)C(Cc3ccccc3)N([N+]#N)C(=O)OC(C)(C)C)[C@@H]2[O-])(c2ccccc2)c2ccc(OC)cc2)cc1. The molecule has 5 atom stereocenters. The first-order valence-electron chi connectivity index (χ1n) is 19.7. The van der Waals surface area contributed by atoms with Crippen molar-refractivity contribution < 1.29 is 43.1 Å². The van der Waals surface area contributed by atoms with Crippen molar-refractivity contribution in [2.45, 2.75) is 69.0 Å². The molecule has 1 aliphatic rings. The van der Waals surface area contributed by atoms with Crippen LogP contribution in [0.2, 0.25) is 0 Å². The lowest BCUT2D eigenvalue weighted by molar-refractivity contribution is -0.441. The summed E-state index contributed by atoms with van der Waals surface area (Å²) in [6.45, 7) is 4.55. The number of hydrogen-bond donors (Lipinski definition) is 1. The smallest absolute Gasteiger partial charge is 0.482 e. The van der Waals surface area contributed by atoms with E-state index in [4.69, 9.17) is 34.2 Å². The van der Waals surface area contributed by atoms with Gasteiger partial charge in [0.25, 0.3) is 5.39 Å². The van der Waals surface area contributed by atoms with Gasteiger partial charge in [-0.3, -0.25) is 4.57 Å². The van der Waals surface area contributed by atoms with E-state index in [1.165, 1.54) is 17.2 Å². The van der Waals surface area contributed by atoms with Crippen molar-refractivity contribution in [1.29, 1.82) is 5.39 Å². The average molecular weight is 843 g/mol. The van der Waals surface area contributed by atoms with Crippen molar-refractivity contribution in [3.63, 3.8) is 0 Å². The van der Waals surface area contributed by atoms with Crippen LogP contribution in [0.4, 0.5) is 10.6 Å². The van der Waals surface area contributed by atoms with Crippen molar-refractivity contribution in [2.24, 2.45) is 0 Å². The number of aromatic nitrogens is 4. The van der Waals surface area contributed by atoms with Crippen LogP contribution in [-0.4, -0.2) is 87.4 Å². The molecule has 1 amide bonds. The number of ether oxygens (including phenoxy) is 6. The molecule has 17 nitrogen and oxygen atoms in total. The van der Waals surface area contributed by atoms with Crippen LogP contribution < -0.4 is 20.3 Å². The van der Waals surface area contributed by atoms with Crippen LogP contribution in [0, 0.1) is 5.39 Å². The maximum absolute atomic E-state index is 14.9. The molecular formula is C45H46N8O9. The molecule has 0 bridgehead atoms. The fourth-order valence-electron chi connectivity index (χ4n) is 7.38. The third-order valence-electron chi connectivity index (χ3n) is 10.4. The zero-order valence-electron chi connectivity index (χ0n) is 34.7. The van der Waals surface area contributed by atoms with Gasteiger partial charge in [-0.1, -0.05) is 91.0 Å².